The molecule has 96 valence electrons. The summed E-state index contributed by atoms with van der Waals surface area (Å²) in [6.45, 7) is 2.03. The molecule has 1 atom stereocenters. The maximum atomic E-state index is 12.1. The molecule has 0 bridgehead atoms. The van der Waals surface area contributed by atoms with Crippen LogP contribution in [-0.2, 0) is 14.3 Å². The molecule has 4 heteroatoms. The second-order valence-electron chi connectivity index (χ2n) is 4.39. The van der Waals surface area contributed by atoms with Crippen LogP contribution in [-0.4, -0.2) is 23.9 Å². The van der Waals surface area contributed by atoms with Gasteiger partial charge in [0.25, 0.3) is 0 Å². The third-order valence-corrected chi connectivity index (χ3v) is 3.19. The van der Waals surface area contributed by atoms with Gasteiger partial charge in [-0.1, -0.05) is 18.2 Å². The summed E-state index contributed by atoms with van der Waals surface area (Å²) in [6, 6.07) is 9.29. The summed E-state index contributed by atoms with van der Waals surface area (Å²) < 4.78 is 5.05. The Morgan fingerprint density at radius 3 is 2.67 bits per heavy atom. The molecule has 2 rings (SSSR count). The van der Waals surface area contributed by atoms with Crippen LogP contribution in [0.2, 0.25) is 0 Å². The van der Waals surface area contributed by atoms with Gasteiger partial charge in [-0.05, 0) is 31.9 Å². The molecule has 1 unspecified atom stereocenters. The van der Waals surface area contributed by atoms with E-state index >= 15 is 0 Å². The lowest BCUT2D eigenvalue weighted by molar-refractivity contribution is -0.151. The largest absolute Gasteiger partial charge is 0.464 e. The fourth-order valence-corrected chi connectivity index (χ4v) is 2.29. The van der Waals surface area contributed by atoms with Gasteiger partial charge in [0.1, 0.15) is 0 Å². The van der Waals surface area contributed by atoms with Crippen LogP contribution < -0.4 is 5.32 Å². The second-order valence-corrected chi connectivity index (χ2v) is 4.39. The molecule has 0 aliphatic heterocycles. The predicted molar refractivity (Wildman–Crippen MR) is 68.3 cm³/mol. The Labute approximate surface area is 106 Å². The lowest BCUT2D eigenvalue weighted by Gasteiger charge is -2.27. The average Bonchev–Trinajstić information content (AvgIpc) is 2.74. The molecule has 4 nitrogen and oxygen atoms in total. The first-order valence-electron chi connectivity index (χ1n) is 6.23. The quantitative estimate of drug-likeness (QED) is 0.654. The van der Waals surface area contributed by atoms with Gasteiger partial charge in [0.05, 0.1) is 6.61 Å². The summed E-state index contributed by atoms with van der Waals surface area (Å²) in [4.78, 5) is 24.1. The number of carbonyl (C=O) groups is 2. The highest BCUT2D eigenvalue weighted by atomic mass is 16.5. The maximum Gasteiger partial charge on any atom is 0.339 e. The number of rotatable bonds is 4. The summed E-state index contributed by atoms with van der Waals surface area (Å²) in [5.41, 5.74) is -0.419. The summed E-state index contributed by atoms with van der Waals surface area (Å²) in [7, 11) is 0. The Balaban J connectivity index is 2.26. The molecular weight excluding hydrogens is 230 g/mol. The third-order valence-electron chi connectivity index (χ3n) is 3.19. The normalized spacial score (nSPS) is 22.8. The Kier molecular flexibility index (Phi) is 3.65. The van der Waals surface area contributed by atoms with Gasteiger partial charge < -0.3 is 10.1 Å². The Morgan fingerprint density at radius 2 is 2.11 bits per heavy atom. The number of para-hydroxylation sites is 1. The first-order chi connectivity index (χ1) is 8.69. The fourth-order valence-electron chi connectivity index (χ4n) is 2.29. The van der Waals surface area contributed by atoms with Gasteiger partial charge in [-0.15, -0.1) is 0 Å². The SMILES string of the molecule is CCOC(=O)C1(Nc2ccccc2)CCCC1=O. The number of ketones is 1. The van der Waals surface area contributed by atoms with E-state index in [1.165, 1.54) is 0 Å². The predicted octanol–water partition coefficient (Wildman–Crippen LogP) is 2.15. The lowest BCUT2D eigenvalue weighted by atomic mass is 9.96. The molecule has 0 radical (unpaired) electrons. The van der Waals surface area contributed by atoms with Crippen molar-refractivity contribution in [2.75, 3.05) is 11.9 Å². The number of nitrogens with one attached hydrogen (secondary N) is 1. The van der Waals surface area contributed by atoms with Crippen LogP contribution in [0.1, 0.15) is 26.2 Å². The third kappa shape index (κ3) is 2.23. The molecule has 1 N–H and O–H groups in total. The molecule has 1 fully saturated rings. The van der Waals surface area contributed by atoms with Gasteiger partial charge in [0.2, 0.25) is 0 Å². The monoisotopic (exact) mass is 247 g/mol. The topological polar surface area (TPSA) is 55.4 Å². The molecule has 1 aliphatic rings. The summed E-state index contributed by atoms with van der Waals surface area (Å²) in [5, 5.41) is 3.06. The summed E-state index contributed by atoms with van der Waals surface area (Å²) >= 11 is 0. The highest BCUT2D eigenvalue weighted by molar-refractivity contribution is 6.12. The highest BCUT2D eigenvalue weighted by Crippen LogP contribution is 2.31. The fraction of sp³-hybridized carbons (Fsp3) is 0.429. The van der Waals surface area contributed by atoms with E-state index in [-0.39, 0.29) is 12.4 Å². The van der Waals surface area contributed by atoms with E-state index < -0.39 is 11.5 Å². The van der Waals surface area contributed by atoms with Crippen LogP contribution in [0.25, 0.3) is 0 Å². The van der Waals surface area contributed by atoms with Crippen molar-refractivity contribution in [3.63, 3.8) is 0 Å². The minimum Gasteiger partial charge on any atom is -0.464 e. The molecule has 1 saturated carbocycles. The smallest absolute Gasteiger partial charge is 0.339 e. The minimum atomic E-state index is -1.18. The number of benzene rings is 1. The molecular formula is C14H17NO3. The number of anilines is 1. The highest BCUT2D eigenvalue weighted by Gasteiger charge is 2.50. The van der Waals surface area contributed by atoms with Gasteiger partial charge in [0, 0.05) is 12.1 Å². The van der Waals surface area contributed by atoms with Crippen LogP contribution in [0.3, 0.4) is 0 Å². The van der Waals surface area contributed by atoms with E-state index in [0.717, 1.165) is 12.1 Å². The average molecular weight is 247 g/mol. The Hall–Kier alpha value is -1.84. The van der Waals surface area contributed by atoms with Crippen molar-refractivity contribution in [1.29, 1.82) is 0 Å². The van der Waals surface area contributed by atoms with Gasteiger partial charge in [-0.25, -0.2) is 4.79 Å². The summed E-state index contributed by atoms with van der Waals surface area (Å²) in [6.07, 6.45) is 1.65. The molecule has 18 heavy (non-hydrogen) atoms. The van der Waals surface area contributed by atoms with Gasteiger partial charge in [0.15, 0.2) is 11.3 Å². The Bertz CT molecular complexity index is 444. The van der Waals surface area contributed by atoms with E-state index in [0.29, 0.717) is 12.8 Å². The van der Waals surface area contributed by atoms with Crippen molar-refractivity contribution >= 4 is 17.4 Å². The summed E-state index contributed by atoms with van der Waals surface area (Å²) in [5.74, 6) is -0.541. The van der Waals surface area contributed by atoms with E-state index in [4.69, 9.17) is 4.74 Å². The molecule has 1 aromatic rings. The van der Waals surface area contributed by atoms with Gasteiger partial charge >= 0.3 is 5.97 Å². The van der Waals surface area contributed by atoms with Gasteiger partial charge in [-0.3, -0.25) is 4.79 Å². The van der Waals surface area contributed by atoms with Crippen LogP contribution in [0, 0.1) is 0 Å². The molecule has 0 heterocycles. The van der Waals surface area contributed by atoms with Crippen LogP contribution in [0.5, 0.6) is 0 Å². The van der Waals surface area contributed by atoms with Crippen molar-refractivity contribution in [3.05, 3.63) is 30.3 Å². The number of esters is 1. The number of hydrogen-bond acceptors (Lipinski definition) is 4. The van der Waals surface area contributed by atoms with Crippen LogP contribution in [0.4, 0.5) is 5.69 Å². The van der Waals surface area contributed by atoms with Crippen LogP contribution >= 0.6 is 0 Å². The standard InChI is InChI=1S/C14H17NO3/c1-2-18-13(17)14(10-6-9-12(14)16)15-11-7-4-3-5-8-11/h3-5,7-8,15H,2,6,9-10H2,1H3. The zero-order chi connectivity index (χ0) is 13.0. The molecule has 0 spiro atoms. The van der Waals surface area contributed by atoms with Crippen molar-refractivity contribution in [1.82, 2.24) is 0 Å². The molecule has 0 saturated heterocycles. The lowest BCUT2D eigenvalue weighted by Crippen LogP contribution is -2.51. The number of Topliss-reactive ketones (excluding diaryl/α,β-unsaturated/α-hetero) is 1. The maximum absolute atomic E-state index is 12.1. The minimum absolute atomic E-state index is 0.0789. The first kappa shape index (κ1) is 12.6. The van der Waals surface area contributed by atoms with Crippen molar-refractivity contribution < 1.29 is 14.3 Å². The van der Waals surface area contributed by atoms with E-state index in [2.05, 4.69) is 5.32 Å². The van der Waals surface area contributed by atoms with Crippen LogP contribution in [0.15, 0.2) is 30.3 Å². The second kappa shape index (κ2) is 5.21. The van der Waals surface area contributed by atoms with Crippen molar-refractivity contribution in [3.8, 4) is 0 Å². The van der Waals surface area contributed by atoms with Crippen molar-refractivity contribution in [2.24, 2.45) is 0 Å². The molecule has 0 amide bonds. The number of ether oxygens (including phenoxy) is 1. The van der Waals surface area contributed by atoms with E-state index in [1.54, 1.807) is 6.92 Å². The van der Waals surface area contributed by atoms with Crippen molar-refractivity contribution in [2.45, 2.75) is 31.7 Å². The molecule has 0 aromatic heterocycles. The van der Waals surface area contributed by atoms with Gasteiger partial charge in [-0.2, -0.15) is 0 Å². The molecule has 1 aliphatic carbocycles. The first-order valence-corrected chi connectivity index (χ1v) is 6.23. The number of hydrogen-bond donors (Lipinski definition) is 1. The zero-order valence-corrected chi connectivity index (χ0v) is 10.4. The Morgan fingerprint density at radius 1 is 1.39 bits per heavy atom. The number of carbonyl (C=O) groups excluding carboxylic acids is 2. The van der Waals surface area contributed by atoms with E-state index in [9.17, 15) is 9.59 Å². The molecule has 1 aromatic carbocycles. The van der Waals surface area contributed by atoms with E-state index in [1.807, 2.05) is 30.3 Å². The zero-order valence-electron chi connectivity index (χ0n) is 10.4.